The Balaban J connectivity index is 2.76. The van der Waals surface area contributed by atoms with Crippen molar-refractivity contribution >= 4 is 12.9 Å². The van der Waals surface area contributed by atoms with Gasteiger partial charge in [-0.3, -0.25) is 4.67 Å². The highest BCUT2D eigenvalue weighted by atomic mass is 31.2. The molecule has 2 unspecified atom stereocenters. The molecule has 0 bridgehead atoms. The average Bonchev–Trinajstić information content (AvgIpc) is 2.62. The molecule has 4 nitrogen and oxygen atoms in total. The fraction of sp³-hybridized carbons (Fsp3) is 0.727. The van der Waals surface area contributed by atoms with Crippen LogP contribution in [0.1, 0.15) is 55.4 Å². The molecule has 2 atom stereocenters. The molecule has 0 aromatic heterocycles. The molecule has 1 heterocycles. The van der Waals surface area contributed by atoms with Crippen LogP contribution in [0.25, 0.3) is 0 Å². The molecule has 0 amide bonds. The molecule has 1 fully saturated rings. The molecule has 2 rings (SSSR count). The Morgan fingerprint density at radius 2 is 1.33 bits per heavy atom. The maximum Gasteiger partial charge on any atom is 0.161 e. The van der Waals surface area contributed by atoms with Gasteiger partial charge in [0.15, 0.2) is 6.29 Å². The number of benzene rings is 1. The second-order valence-electron chi connectivity index (χ2n) is 8.43. The van der Waals surface area contributed by atoms with E-state index in [0.717, 1.165) is 18.8 Å². The molecule has 5 heteroatoms. The van der Waals surface area contributed by atoms with E-state index in [1.54, 1.807) is 0 Å². The minimum absolute atomic E-state index is 0.0751. The topological polar surface area (TPSA) is 34.1 Å². The maximum atomic E-state index is 6.65. The lowest BCUT2D eigenvalue weighted by Gasteiger charge is -2.53. The Labute approximate surface area is 166 Å². The van der Waals surface area contributed by atoms with E-state index in [0.29, 0.717) is 17.8 Å². The quantitative estimate of drug-likeness (QED) is 0.479. The van der Waals surface area contributed by atoms with Gasteiger partial charge in [0.1, 0.15) is 11.7 Å². The molecule has 0 aliphatic carbocycles. The first-order valence-electron chi connectivity index (χ1n) is 10.5. The zero-order valence-corrected chi connectivity index (χ0v) is 19.3. The smallest absolute Gasteiger partial charge is 0.161 e. The standard InChI is InChI=1S/C22H39N2O2P/c1-9-24(10-2)27(23-19-14-12-11-13-15-19)21(17(5)6)25-20(16(3)4)26-22(27)18(7)8/h11-18,20-22H,9-10H2,1-8H3. The average molecular weight is 395 g/mol. The third-order valence-corrected chi connectivity index (χ3v) is 10.2. The fourth-order valence-corrected chi connectivity index (χ4v) is 9.04. The molecule has 0 saturated carbocycles. The van der Waals surface area contributed by atoms with Crippen LogP contribution < -0.4 is 0 Å². The molecule has 0 N–H and O–H groups in total. The minimum Gasteiger partial charge on any atom is -0.341 e. The van der Waals surface area contributed by atoms with Gasteiger partial charge in [-0.05, 0) is 24.0 Å². The van der Waals surface area contributed by atoms with Gasteiger partial charge in [0.2, 0.25) is 0 Å². The van der Waals surface area contributed by atoms with Gasteiger partial charge < -0.3 is 9.47 Å². The molecule has 1 aliphatic heterocycles. The number of rotatable bonds is 7. The van der Waals surface area contributed by atoms with E-state index in [2.05, 4.69) is 84.3 Å². The molecular formula is C22H39N2O2P. The monoisotopic (exact) mass is 394 g/mol. The number of ether oxygens (including phenoxy) is 2. The first-order valence-corrected chi connectivity index (χ1v) is 12.3. The largest absolute Gasteiger partial charge is 0.341 e. The summed E-state index contributed by atoms with van der Waals surface area (Å²) < 4.78 is 21.3. The fourth-order valence-electron chi connectivity index (χ4n) is 3.99. The van der Waals surface area contributed by atoms with E-state index in [4.69, 9.17) is 14.2 Å². The van der Waals surface area contributed by atoms with Crippen LogP contribution in [-0.4, -0.2) is 35.7 Å². The van der Waals surface area contributed by atoms with Crippen LogP contribution in [0.5, 0.6) is 0 Å². The lowest BCUT2D eigenvalue weighted by molar-refractivity contribution is -0.215. The van der Waals surface area contributed by atoms with Crippen molar-refractivity contribution in [1.29, 1.82) is 0 Å². The third kappa shape index (κ3) is 4.67. The highest BCUT2D eigenvalue weighted by Crippen LogP contribution is 2.69. The van der Waals surface area contributed by atoms with Crippen LogP contribution in [0.2, 0.25) is 0 Å². The van der Waals surface area contributed by atoms with Crippen LogP contribution in [-0.2, 0) is 9.47 Å². The summed E-state index contributed by atoms with van der Waals surface area (Å²) in [6.45, 7) is 19.8. The third-order valence-electron chi connectivity index (χ3n) is 5.20. The summed E-state index contributed by atoms with van der Waals surface area (Å²) in [5.41, 5.74) is 1.03. The molecule has 1 aliphatic rings. The van der Waals surface area contributed by atoms with Gasteiger partial charge in [-0.2, -0.15) is 0 Å². The van der Waals surface area contributed by atoms with E-state index in [-0.39, 0.29) is 18.0 Å². The van der Waals surface area contributed by atoms with Gasteiger partial charge in [-0.1, -0.05) is 73.6 Å². The van der Waals surface area contributed by atoms with Crippen LogP contribution in [0, 0.1) is 17.8 Å². The van der Waals surface area contributed by atoms with Crippen LogP contribution >= 0.6 is 7.21 Å². The van der Waals surface area contributed by atoms with Crippen LogP contribution in [0.4, 0.5) is 5.69 Å². The van der Waals surface area contributed by atoms with Crippen molar-refractivity contribution in [3.63, 3.8) is 0 Å². The SMILES string of the molecule is CCN(CC)P1(=Nc2ccccc2)C(C(C)C)OC(C(C)C)OC1C(C)C. The van der Waals surface area contributed by atoms with Crippen LogP contribution in [0.15, 0.2) is 35.1 Å². The van der Waals surface area contributed by atoms with E-state index in [9.17, 15) is 0 Å². The van der Waals surface area contributed by atoms with E-state index < -0.39 is 7.21 Å². The normalized spacial score (nSPS) is 29.1. The summed E-state index contributed by atoms with van der Waals surface area (Å²) in [5, 5.41) is 0. The summed E-state index contributed by atoms with van der Waals surface area (Å²) >= 11 is 0. The predicted octanol–water partition coefficient (Wildman–Crippen LogP) is 6.77. The van der Waals surface area contributed by atoms with E-state index in [1.165, 1.54) is 0 Å². The molecule has 1 aromatic carbocycles. The van der Waals surface area contributed by atoms with Crippen molar-refractivity contribution in [2.24, 2.45) is 22.5 Å². The lowest BCUT2D eigenvalue weighted by atomic mass is 10.2. The molecule has 27 heavy (non-hydrogen) atoms. The second-order valence-corrected chi connectivity index (χ2v) is 11.6. The summed E-state index contributed by atoms with van der Waals surface area (Å²) in [4.78, 5) is 0. The molecular weight excluding hydrogens is 355 g/mol. The predicted molar refractivity (Wildman–Crippen MR) is 116 cm³/mol. The zero-order valence-electron chi connectivity index (χ0n) is 18.4. The highest BCUT2D eigenvalue weighted by Gasteiger charge is 2.51. The van der Waals surface area contributed by atoms with Crippen LogP contribution in [0.3, 0.4) is 0 Å². The van der Waals surface area contributed by atoms with Crippen molar-refractivity contribution < 1.29 is 9.47 Å². The van der Waals surface area contributed by atoms with Gasteiger partial charge in [0.05, 0.1) is 12.9 Å². The van der Waals surface area contributed by atoms with Gasteiger partial charge >= 0.3 is 0 Å². The van der Waals surface area contributed by atoms with Crippen molar-refractivity contribution in [1.82, 2.24) is 4.67 Å². The van der Waals surface area contributed by atoms with E-state index in [1.807, 2.05) is 6.07 Å². The summed E-state index contributed by atoms with van der Waals surface area (Å²) in [6, 6.07) is 10.4. The van der Waals surface area contributed by atoms with Gasteiger partial charge in [0, 0.05) is 19.0 Å². The summed E-state index contributed by atoms with van der Waals surface area (Å²) in [5.74, 6) is 1.22. The molecule has 154 valence electrons. The number of hydrogen-bond acceptors (Lipinski definition) is 3. The first kappa shape index (κ1) is 22.6. The Hall–Kier alpha value is -0.670. The Morgan fingerprint density at radius 3 is 1.70 bits per heavy atom. The number of hydrogen-bond donors (Lipinski definition) is 0. The number of nitrogens with zero attached hydrogens (tertiary/aromatic N) is 2. The highest BCUT2D eigenvalue weighted by molar-refractivity contribution is 7.65. The minimum atomic E-state index is -2.12. The molecule has 1 saturated heterocycles. The first-order chi connectivity index (χ1) is 12.8. The Kier molecular flexibility index (Phi) is 8.12. The molecule has 1 aromatic rings. The van der Waals surface area contributed by atoms with Crippen molar-refractivity contribution in [3.8, 4) is 0 Å². The summed E-state index contributed by atoms with van der Waals surface area (Å²) in [6.07, 6.45) is -0.167. The summed E-state index contributed by atoms with van der Waals surface area (Å²) in [7, 11) is -2.12. The Morgan fingerprint density at radius 1 is 0.852 bits per heavy atom. The molecule has 0 spiro atoms. The van der Waals surface area contributed by atoms with Gasteiger partial charge in [-0.15, -0.1) is 0 Å². The van der Waals surface area contributed by atoms with Crippen molar-refractivity contribution in [3.05, 3.63) is 30.3 Å². The molecule has 0 radical (unpaired) electrons. The lowest BCUT2D eigenvalue weighted by Crippen LogP contribution is -2.48. The maximum absolute atomic E-state index is 6.65. The second kappa shape index (κ2) is 9.69. The van der Waals surface area contributed by atoms with Gasteiger partial charge in [0.25, 0.3) is 0 Å². The van der Waals surface area contributed by atoms with Gasteiger partial charge in [-0.25, -0.2) is 4.74 Å². The van der Waals surface area contributed by atoms with E-state index >= 15 is 0 Å². The Bertz CT molecular complexity index is 604. The zero-order chi connectivity index (χ0) is 20.2. The van der Waals surface area contributed by atoms with Crippen molar-refractivity contribution in [2.45, 2.75) is 73.4 Å². The van der Waals surface area contributed by atoms with Crippen molar-refractivity contribution in [2.75, 3.05) is 13.1 Å².